The van der Waals surface area contributed by atoms with Gasteiger partial charge in [0.1, 0.15) is 5.82 Å². The van der Waals surface area contributed by atoms with E-state index in [4.69, 9.17) is 15.5 Å². The van der Waals surface area contributed by atoms with E-state index in [9.17, 15) is 4.79 Å². The van der Waals surface area contributed by atoms with Gasteiger partial charge in [-0.1, -0.05) is 12.1 Å². The summed E-state index contributed by atoms with van der Waals surface area (Å²) in [4.78, 5) is 28.0. The second kappa shape index (κ2) is 6.42. The molecule has 1 saturated heterocycles. The van der Waals surface area contributed by atoms with E-state index >= 15 is 0 Å². The molecule has 2 fully saturated rings. The quantitative estimate of drug-likeness (QED) is 0.715. The molecule has 2 aliphatic rings. The summed E-state index contributed by atoms with van der Waals surface area (Å²) in [5, 5.41) is 3.35. The number of hydrogen-bond acceptors (Lipinski definition) is 7. The van der Waals surface area contributed by atoms with Crippen molar-refractivity contribution in [3.8, 4) is 11.3 Å². The Morgan fingerprint density at radius 2 is 2.14 bits per heavy atom. The molecule has 3 N–H and O–H groups in total. The Balaban J connectivity index is 1.56. The fraction of sp³-hybridized carbons (Fsp3) is 0.300. The third-order valence-corrected chi connectivity index (χ3v) is 5.25. The Hall–Kier alpha value is -3.26. The van der Waals surface area contributed by atoms with E-state index in [-0.39, 0.29) is 12.0 Å². The van der Waals surface area contributed by atoms with E-state index in [1.807, 2.05) is 30.3 Å². The zero-order valence-electron chi connectivity index (χ0n) is 15.4. The van der Waals surface area contributed by atoms with Crippen molar-refractivity contribution in [3.05, 3.63) is 42.0 Å². The molecule has 1 unspecified atom stereocenters. The highest BCUT2D eigenvalue weighted by Gasteiger charge is 2.47. The average Bonchev–Trinajstić information content (AvgIpc) is 3.52. The average molecular weight is 376 g/mol. The van der Waals surface area contributed by atoms with Crippen LogP contribution in [0.4, 0.5) is 11.8 Å². The zero-order valence-corrected chi connectivity index (χ0v) is 15.4. The number of nitrogens with two attached hydrogens (primary N) is 1. The second-order valence-electron chi connectivity index (χ2n) is 7.04. The van der Waals surface area contributed by atoms with E-state index in [2.05, 4.69) is 20.2 Å². The van der Waals surface area contributed by atoms with E-state index in [0.29, 0.717) is 35.6 Å². The molecular formula is C20H20N6O2. The number of fused-ring (bicyclic) bond motifs is 2. The molecule has 1 aromatic carbocycles. The number of amides is 1. The summed E-state index contributed by atoms with van der Waals surface area (Å²) in [5.41, 5.74) is 8.90. The molecule has 28 heavy (non-hydrogen) atoms. The predicted octanol–water partition coefficient (Wildman–Crippen LogP) is 1.61. The summed E-state index contributed by atoms with van der Waals surface area (Å²) in [7, 11) is 1.61. The van der Waals surface area contributed by atoms with Crippen molar-refractivity contribution in [1.29, 1.82) is 0 Å². The van der Waals surface area contributed by atoms with Crippen molar-refractivity contribution < 1.29 is 9.53 Å². The van der Waals surface area contributed by atoms with E-state index in [1.54, 1.807) is 13.1 Å². The number of benzene rings is 1. The van der Waals surface area contributed by atoms with Crippen LogP contribution in [0.3, 0.4) is 0 Å². The highest BCUT2D eigenvalue weighted by molar-refractivity contribution is 5.95. The maximum atomic E-state index is 11.9. The van der Waals surface area contributed by atoms with Gasteiger partial charge in [0.05, 0.1) is 29.8 Å². The standard InChI is InChI=1S/C20H20N6O2/c1-22-19(27)12-4-2-3-11(9-12)14-6-5-13-17(21)24-20(25-18(13)23-14)26-7-8-28-16-10-15(16)26/h2-6,9,15-16H,7-8,10H2,1H3,(H,22,27)(H2,21,23,24,25)/t15-,16?/m1/s1. The van der Waals surface area contributed by atoms with Crippen molar-refractivity contribution in [2.24, 2.45) is 0 Å². The molecule has 8 nitrogen and oxygen atoms in total. The van der Waals surface area contributed by atoms with Crippen LogP contribution in [0.5, 0.6) is 0 Å². The minimum absolute atomic E-state index is 0.136. The van der Waals surface area contributed by atoms with Gasteiger partial charge in [-0.25, -0.2) is 4.98 Å². The number of pyridine rings is 1. The van der Waals surface area contributed by atoms with Crippen LogP contribution in [0, 0.1) is 0 Å². The number of nitrogen functional groups attached to an aromatic ring is 1. The molecule has 0 spiro atoms. The SMILES string of the molecule is CNC(=O)c1cccc(-c2ccc3c(N)nc(N4CCOC5C[C@H]54)nc3n2)c1. The van der Waals surface area contributed by atoms with Gasteiger partial charge < -0.3 is 20.7 Å². The first-order chi connectivity index (χ1) is 13.6. The molecule has 1 saturated carbocycles. The molecule has 0 radical (unpaired) electrons. The van der Waals surface area contributed by atoms with Crippen LogP contribution in [-0.4, -0.2) is 53.2 Å². The number of ether oxygens (including phenoxy) is 1. The summed E-state index contributed by atoms with van der Waals surface area (Å²) >= 11 is 0. The summed E-state index contributed by atoms with van der Waals surface area (Å²) in [5.74, 6) is 0.884. The monoisotopic (exact) mass is 376 g/mol. The van der Waals surface area contributed by atoms with Gasteiger partial charge in [0.15, 0.2) is 5.65 Å². The summed E-state index contributed by atoms with van der Waals surface area (Å²) in [6, 6.07) is 11.4. The number of carbonyl (C=O) groups excluding carboxylic acids is 1. The molecule has 142 valence electrons. The Morgan fingerprint density at radius 3 is 3.00 bits per heavy atom. The van der Waals surface area contributed by atoms with Crippen LogP contribution >= 0.6 is 0 Å². The van der Waals surface area contributed by atoms with Crippen LogP contribution in [0.1, 0.15) is 16.8 Å². The normalized spacial score (nSPS) is 20.7. The summed E-state index contributed by atoms with van der Waals surface area (Å²) in [6.07, 6.45) is 1.28. The molecule has 3 aromatic rings. The molecule has 1 aliphatic carbocycles. The lowest BCUT2D eigenvalue weighted by atomic mass is 10.1. The van der Waals surface area contributed by atoms with Gasteiger partial charge in [0, 0.05) is 24.7 Å². The van der Waals surface area contributed by atoms with Crippen LogP contribution in [0.2, 0.25) is 0 Å². The van der Waals surface area contributed by atoms with E-state index in [1.165, 1.54) is 0 Å². The number of aromatic nitrogens is 3. The first kappa shape index (κ1) is 16.9. The van der Waals surface area contributed by atoms with E-state index < -0.39 is 0 Å². The van der Waals surface area contributed by atoms with Gasteiger partial charge >= 0.3 is 0 Å². The van der Waals surface area contributed by atoms with Crippen molar-refractivity contribution >= 4 is 28.7 Å². The third-order valence-electron chi connectivity index (χ3n) is 5.25. The van der Waals surface area contributed by atoms with Gasteiger partial charge in [0.25, 0.3) is 5.91 Å². The molecule has 2 aromatic heterocycles. The Morgan fingerprint density at radius 1 is 1.25 bits per heavy atom. The number of anilines is 2. The first-order valence-electron chi connectivity index (χ1n) is 9.29. The van der Waals surface area contributed by atoms with Gasteiger partial charge in [0.2, 0.25) is 5.95 Å². The first-order valence-corrected chi connectivity index (χ1v) is 9.29. The van der Waals surface area contributed by atoms with E-state index in [0.717, 1.165) is 29.6 Å². The minimum atomic E-state index is -0.136. The topological polar surface area (TPSA) is 106 Å². The smallest absolute Gasteiger partial charge is 0.251 e. The van der Waals surface area contributed by atoms with Gasteiger partial charge in [-0.05, 0) is 30.7 Å². The van der Waals surface area contributed by atoms with Crippen molar-refractivity contribution in [2.45, 2.75) is 18.6 Å². The number of hydrogen-bond donors (Lipinski definition) is 2. The molecule has 2 atom stereocenters. The highest BCUT2D eigenvalue weighted by atomic mass is 16.5. The highest BCUT2D eigenvalue weighted by Crippen LogP contribution is 2.37. The molecule has 5 rings (SSSR count). The number of carbonyl (C=O) groups is 1. The van der Waals surface area contributed by atoms with Crippen molar-refractivity contribution in [1.82, 2.24) is 20.3 Å². The molecule has 0 bridgehead atoms. The van der Waals surface area contributed by atoms with Crippen LogP contribution in [0.25, 0.3) is 22.3 Å². The fourth-order valence-electron chi connectivity index (χ4n) is 3.66. The number of nitrogens with zero attached hydrogens (tertiary/aromatic N) is 4. The van der Waals surface area contributed by atoms with Gasteiger partial charge in [-0.2, -0.15) is 9.97 Å². The lowest BCUT2D eigenvalue weighted by molar-refractivity contribution is 0.0963. The summed E-state index contributed by atoms with van der Waals surface area (Å²) < 4.78 is 5.66. The van der Waals surface area contributed by atoms with Crippen LogP contribution in [0.15, 0.2) is 36.4 Å². The third kappa shape index (κ3) is 2.82. The molecule has 1 aliphatic heterocycles. The molecular weight excluding hydrogens is 356 g/mol. The lowest BCUT2D eigenvalue weighted by Crippen LogP contribution is -2.38. The Kier molecular flexibility index (Phi) is 3.87. The minimum Gasteiger partial charge on any atom is -0.383 e. The maximum absolute atomic E-state index is 11.9. The summed E-state index contributed by atoms with van der Waals surface area (Å²) in [6.45, 7) is 1.42. The Labute approximate surface area is 161 Å². The Bertz CT molecular complexity index is 1090. The molecule has 1 amide bonds. The molecule has 3 heterocycles. The van der Waals surface area contributed by atoms with Crippen molar-refractivity contribution in [3.63, 3.8) is 0 Å². The van der Waals surface area contributed by atoms with Crippen molar-refractivity contribution in [2.75, 3.05) is 30.8 Å². The molecule has 8 heteroatoms. The van der Waals surface area contributed by atoms with Gasteiger partial charge in [-0.3, -0.25) is 4.79 Å². The lowest BCUT2D eigenvalue weighted by Gasteiger charge is -2.26. The van der Waals surface area contributed by atoms with Gasteiger partial charge in [-0.15, -0.1) is 0 Å². The van der Waals surface area contributed by atoms with Crippen LogP contribution < -0.4 is 16.0 Å². The number of morpholine rings is 1. The fourth-order valence-corrected chi connectivity index (χ4v) is 3.66. The number of rotatable bonds is 3. The predicted molar refractivity (Wildman–Crippen MR) is 106 cm³/mol. The zero-order chi connectivity index (χ0) is 19.3. The van der Waals surface area contributed by atoms with Crippen LogP contribution in [-0.2, 0) is 4.74 Å². The second-order valence-corrected chi connectivity index (χ2v) is 7.04. The largest absolute Gasteiger partial charge is 0.383 e. The number of nitrogens with one attached hydrogen (secondary N) is 1. The maximum Gasteiger partial charge on any atom is 0.251 e.